The van der Waals surface area contributed by atoms with Gasteiger partial charge in [-0.1, -0.05) is 31.2 Å². The molecule has 0 aliphatic carbocycles. The zero-order chi connectivity index (χ0) is 42.7. The highest BCUT2D eigenvalue weighted by molar-refractivity contribution is 7.57. The van der Waals surface area contributed by atoms with Gasteiger partial charge in [-0.3, -0.25) is 28.7 Å². The van der Waals surface area contributed by atoms with Crippen molar-refractivity contribution < 1.29 is 42.1 Å². The van der Waals surface area contributed by atoms with Gasteiger partial charge in [0.15, 0.2) is 0 Å². The third-order valence-electron chi connectivity index (χ3n) is 12.0. The van der Waals surface area contributed by atoms with Crippen LogP contribution < -0.4 is 19.8 Å². The fourth-order valence-electron chi connectivity index (χ4n) is 8.78. The van der Waals surface area contributed by atoms with Crippen LogP contribution in [0.2, 0.25) is 0 Å². The number of ether oxygens (including phenoxy) is 2. The maximum atomic E-state index is 16.5. The van der Waals surface area contributed by atoms with Crippen LogP contribution in [-0.4, -0.2) is 109 Å². The minimum atomic E-state index is -4.44. The van der Waals surface area contributed by atoms with Gasteiger partial charge in [0.1, 0.15) is 23.9 Å². The Morgan fingerprint density at radius 3 is 2.59 bits per heavy atom. The predicted octanol–water partition coefficient (Wildman–Crippen LogP) is 6.57. The SMILES string of the molecule is CCCOC(=O)[C@H](C)NP(=O)(Oc1ccccc1)[C@@H](F)c1ccc2sc(C(=O)N[C@H]3CCC[C@H]4CC[C@@H](C(=O)N5CC(c6cnccc6N6CCOCC6)C5)N4C3=O)cc2c1. The van der Waals surface area contributed by atoms with Gasteiger partial charge in [-0.25, -0.2) is 9.48 Å². The van der Waals surface area contributed by atoms with Crippen LogP contribution in [0.3, 0.4) is 0 Å². The molecule has 3 amide bonds. The zero-order valence-electron chi connectivity index (χ0n) is 34.4. The number of likely N-dealkylation sites (tertiary alicyclic amines) is 1. The van der Waals surface area contributed by atoms with E-state index in [1.165, 1.54) is 30.4 Å². The second-order valence-corrected chi connectivity index (χ2v) is 19.4. The first-order valence-electron chi connectivity index (χ1n) is 21.2. The number of hydrogen-bond acceptors (Lipinski definition) is 11. The van der Waals surface area contributed by atoms with Gasteiger partial charge in [-0.2, -0.15) is 0 Å². The minimum absolute atomic E-state index is 0.0272. The van der Waals surface area contributed by atoms with Gasteiger partial charge < -0.3 is 34.0 Å². The highest BCUT2D eigenvalue weighted by Gasteiger charge is 2.48. The number of fused-ring (bicyclic) bond motifs is 2. The van der Waals surface area contributed by atoms with E-state index in [1.807, 2.05) is 24.1 Å². The average Bonchev–Trinajstić information content (AvgIpc) is 3.86. The number of nitrogens with zero attached hydrogens (tertiary/aromatic N) is 4. The van der Waals surface area contributed by atoms with E-state index < -0.39 is 43.4 Å². The van der Waals surface area contributed by atoms with Gasteiger partial charge in [-0.15, -0.1) is 11.3 Å². The van der Waals surface area contributed by atoms with E-state index in [0.29, 0.717) is 60.5 Å². The minimum Gasteiger partial charge on any atom is -0.465 e. The molecule has 324 valence electrons. The molecular weight excluding hydrogens is 823 g/mol. The normalized spacial score (nSPS) is 22.7. The average molecular weight is 875 g/mol. The van der Waals surface area contributed by atoms with E-state index in [2.05, 4.69) is 20.3 Å². The number of carbonyl (C=O) groups excluding carboxylic acids is 4. The Kier molecular flexibility index (Phi) is 13.1. The van der Waals surface area contributed by atoms with Crippen molar-refractivity contribution in [2.45, 2.75) is 88.4 Å². The molecule has 4 aliphatic heterocycles. The van der Waals surface area contributed by atoms with Crippen LogP contribution in [0.4, 0.5) is 10.1 Å². The molecule has 0 spiro atoms. The number of nitrogens with one attached hydrogen (secondary N) is 2. The fraction of sp³-hybridized carbons (Fsp3) is 0.477. The Morgan fingerprint density at radius 2 is 1.82 bits per heavy atom. The summed E-state index contributed by atoms with van der Waals surface area (Å²) in [5.41, 5.74) is 2.28. The summed E-state index contributed by atoms with van der Waals surface area (Å²) in [6.07, 6.45) is 7.53. The van der Waals surface area contributed by atoms with Gasteiger partial charge in [0.25, 0.3) is 5.91 Å². The van der Waals surface area contributed by atoms with Crippen molar-refractivity contribution in [3.63, 3.8) is 0 Å². The van der Waals surface area contributed by atoms with Gasteiger partial charge in [0.2, 0.25) is 17.7 Å². The van der Waals surface area contributed by atoms with Gasteiger partial charge in [-0.05, 0) is 92.8 Å². The van der Waals surface area contributed by atoms with Crippen molar-refractivity contribution in [3.05, 3.63) is 89.1 Å². The van der Waals surface area contributed by atoms with E-state index in [-0.39, 0.29) is 41.7 Å². The summed E-state index contributed by atoms with van der Waals surface area (Å²) in [6.45, 7) is 7.52. The molecule has 14 nitrogen and oxygen atoms in total. The lowest BCUT2D eigenvalue weighted by Crippen LogP contribution is -2.58. The maximum absolute atomic E-state index is 16.5. The number of morpholine rings is 1. The van der Waals surface area contributed by atoms with Crippen LogP contribution >= 0.6 is 18.9 Å². The standard InChI is InChI=1S/C44H52FN6O8PS/c1-3-20-58-44(55)28(2)48-60(56,59-33-9-5-4-6-10-33)40(45)29-12-15-38-30(23-29)24-39(61-38)41(52)47-35-11-7-8-32-13-14-37(51(32)42(35)53)43(54)50-26-31(27-50)34-25-46-17-16-36(34)49-18-21-57-22-19-49/h4-6,9-10,12,15-17,23-25,28,31-32,35,37,40H,3,7-8,11,13-14,18-22,26-27H2,1-2H3,(H,47,52)(H,48,56)/t28-,32-,35-,37-,40+,60?/m0/s1. The molecule has 6 heterocycles. The molecule has 2 aromatic carbocycles. The molecule has 4 saturated heterocycles. The smallest absolute Gasteiger partial charge is 0.355 e. The second kappa shape index (κ2) is 18.6. The fourth-order valence-corrected chi connectivity index (χ4v) is 11.6. The molecule has 2 N–H and O–H groups in total. The van der Waals surface area contributed by atoms with Crippen molar-refractivity contribution in [2.24, 2.45) is 0 Å². The molecule has 4 fully saturated rings. The third-order valence-corrected chi connectivity index (χ3v) is 15.2. The van der Waals surface area contributed by atoms with Crippen molar-refractivity contribution in [1.29, 1.82) is 0 Å². The van der Waals surface area contributed by atoms with Crippen LogP contribution in [0.15, 0.2) is 73.1 Å². The number of anilines is 1. The number of para-hydroxylation sites is 1. The van der Waals surface area contributed by atoms with Crippen LogP contribution in [0.25, 0.3) is 10.1 Å². The molecule has 0 radical (unpaired) electrons. The highest BCUT2D eigenvalue weighted by Crippen LogP contribution is 2.58. The van der Waals surface area contributed by atoms with Crippen molar-refractivity contribution in [1.82, 2.24) is 25.2 Å². The first-order chi connectivity index (χ1) is 29.5. The predicted molar refractivity (Wildman–Crippen MR) is 230 cm³/mol. The number of alkyl halides is 1. The number of benzene rings is 2. The van der Waals surface area contributed by atoms with E-state index in [9.17, 15) is 23.7 Å². The number of rotatable bonds is 14. The van der Waals surface area contributed by atoms with E-state index in [1.54, 1.807) is 53.6 Å². The number of pyridine rings is 1. The summed E-state index contributed by atoms with van der Waals surface area (Å²) in [4.78, 5) is 65.3. The van der Waals surface area contributed by atoms with E-state index >= 15 is 4.39 Å². The number of aromatic nitrogens is 1. The molecule has 2 aromatic heterocycles. The highest BCUT2D eigenvalue weighted by atomic mass is 32.1. The molecule has 1 unspecified atom stereocenters. The lowest BCUT2D eigenvalue weighted by atomic mass is 9.90. The van der Waals surface area contributed by atoms with Gasteiger partial charge in [0, 0.05) is 66.5 Å². The first kappa shape index (κ1) is 42.8. The molecule has 8 rings (SSSR count). The number of esters is 1. The Labute approximate surface area is 358 Å². The molecular formula is C44H52FN6O8PS. The van der Waals surface area contributed by atoms with Crippen molar-refractivity contribution in [2.75, 3.05) is 50.9 Å². The van der Waals surface area contributed by atoms with Gasteiger partial charge >= 0.3 is 13.5 Å². The molecule has 4 aromatic rings. The number of hydrogen-bond donors (Lipinski definition) is 2. The maximum Gasteiger partial charge on any atom is 0.355 e. The number of halogens is 1. The summed E-state index contributed by atoms with van der Waals surface area (Å²) < 4.78 is 48.0. The molecule has 0 saturated carbocycles. The molecule has 0 bridgehead atoms. The Hall–Kier alpha value is -4.89. The Bertz CT molecular complexity index is 2290. The summed E-state index contributed by atoms with van der Waals surface area (Å²) in [6, 6.07) is 13.8. The Morgan fingerprint density at radius 1 is 1.03 bits per heavy atom. The lowest BCUT2D eigenvalue weighted by Gasteiger charge is -2.44. The number of amides is 3. The van der Waals surface area contributed by atoms with Crippen LogP contribution in [-0.2, 0) is 28.4 Å². The van der Waals surface area contributed by atoms with Crippen molar-refractivity contribution in [3.8, 4) is 5.75 Å². The largest absolute Gasteiger partial charge is 0.465 e. The molecule has 17 heteroatoms. The Balaban J connectivity index is 0.934. The first-order valence-corrected chi connectivity index (χ1v) is 23.7. The van der Waals surface area contributed by atoms with Gasteiger partial charge in [0.05, 0.1) is 24.7 Å². The zero-order valence-corrected chi connectivity index (χ0v) is 36.1. The topological polar surface area (TPSA) is 160 Å². The molecule has 6 atom stereocenters. The second-order valence-electron chi connectivity index (χ2n) is 16.2. The van der Waals surface area contributed by atoms with Crippen molar-refractivity contribution >= 4 is 58.3 Å². The quantitative estimate of drug-likeness (QED) is 0.104. The summed E-state index contributed by atoms with van der Waals surface area (Å²) in [7, 11) is -4.44. The molecule has 4 aliphatic rings. The van der Waals surface area contributed by atoms with Crippen LogP contribution in [0, 0.1) is 0 Å². The third kappa shape index (κ3) is 9.18. The monoisotopic (exact) mass is 874 g/mol. The van der Waals surface area contributed by atoms with E-state index in [0.717, 1.165) is 43.6 Å². The lowest BCUT2D eigenvalue weighted by molar-refractivity contribution is -0.148. The number of carbonyl (C=O) groups is 4. The summed E-state index contributed by atoms with van der Waals surface area (Å²) >= 11 is 1.19. The molecule has 61 heavy (non-hydrogen) atoms. The summed E-state index contributed by atoms with van der Waals surface area (Å²) in [5.74, 6) is -3.31. The van der Waals surface area contributed by atoms with Crippen LogP contribution in [0.5, 0.6) is 5.75 Å². The van der Waals surface area contributed by atoms with Crippen LogP contribution in [0.1, 0.15) is 85.0 Å². The van der Waals surface area contributed by atoms with E-state index in [4.69, 9.17) is 14.0 Å². The summed E-state index contributed by atoms with van der Waals surface area (Å²) in [5, 5.41) is 6.08. The number of thiophene rings is 1.